The number of carboxylic acids is 1. The zero-order valence-electron chi connectivity index (χ0n) is 10.3. The van der Waals surface area contributed by atoms with Crippen molar-refractivity contribution in [2.24, 2.45) is 0 Å². The minimum atomic E-state index is -4.60. The van der Waals surface area contributed by atoms with Crippen molar-refractivity contribution in [3.8, 4) is 0 Å². The van der Waals surface area contributed by atoms with Crippen LogP contribution in [0.4, 0.5) is 24.7 Å². The predicted octanol–water partition coefficient (Wildman–Crippen LogP) is 4.20. The van der Waals surface area contributed by atoms with E-state index in [9.17, 15) is 18.0 Å². The number of benzene rings is 1. The maximum absolute atomic E-state index is 12.9. The fourth-order valence-electron chi connectivity index (χ4n) is 1.62. The highest BCUT2D eigenvalue weighted by Gasteiger charge is 2.33. The van der Waals surface area contributed by atoms with E-state index in [1.54, 1.807) is 0 Å². The lowest BCUT2D eigenvalue weighted by Crippen LogP contribution is -2.10. The van der Waals surface area contributed by atoms with Crippen LogP contribution in [0, 0.1) is 0 Å². The Labute approximate surface area is 122 Å². The summed E-state index contributed by atoms with van der Waals surface area (Å²) in [5.41, 5.74) is -1.50. The summed E-state index contributed by atoms with van der Waals surface area (Å²) in [4.78, 5) is 14.5. The average Bonchev–Trinajstić information content (AvgIpc) is 2.40. The zero-order valence-corrected chi connectivity index (χ0v) is 11.0. The number of pyridine rings is 1. The molecule has 1 aromatic heterocycles. The summed E-state index contributed by atoms with van der Waals surface area (Å²) >= 11 is 5.57. The van der Waals surface area contributed by atoms with E-state index in [4.69, 9.17) is 16.7 Å². The fourth-order valence-corrected chi connectivity index (χ4v) is 1.79. The molecular formula is C13H8ClF3N2O2. The van der Waals surface area contributed by atoms with Crippen molar-refractivity contribution in [2.45, 2.75) is 6.18 Å². The minimum Gasteiger partial charge on any atom is -0.477 e. The van der Waals surface area contributed by atoms with Gasteiger partial charge in [0.1, 0.15) is 5.82 Å². The first-order chi connectivity index (χ1) is 9.77. The van der Waals surface area contributed by atoms with E-state index < -0.39 is 17.7 Å². The number of nitrogens with zero attached hydrogens (tertiary/aromatic N) is 1. The molecule has 2 aromatic rings. The van der Waals surface area contributed by atoms with Gasteiger partial charge >= 0.3 is 12.1 Å². The molecule has 1 heterocycles. The van der Waals surface area contributed by atoms with Crippen molar-refractivity contribution in [1.29, 1.82) is 0 Å². The molecule has 0 atom stereocenters. The molecule has 21 heavy (non-hydrogen) atoms. The summed E-state index contributed by atoms with van der Waals surface area (Å²) in [6.07, 6.45) is -4.60. The van der Waals surface area contributed by atoms with Crippen molar-refractivity contribution in [3.05, 3.63) is 52.7 Å². The standard InChI is InChI=1S/C13H8ClF3N2O2/c14-7-4-5-9(8(6-7)13(15,16)17)18-11-3-1-2-10(19-11)12(20)21/h1-6H,(H,18,19)(H,20,21). The molecule has 0 spiro atoms. The lowest BCUT2D eigenvalue weighted by atomic mass is 10.1. The Morgan fingerprint density at radius 3 is 2.57 bits per heavy atom. The smallest absolute Gasteiger partial charge is 0.418 e. The molecule has 110 valence electrons. The normalized spacial score (nSPS) is 11.2. The van der Waals surface area contributed by atoms with Gasteiger partial charge in [-0.15, -0.1) is 0 Å². The molecule has 0 aliphatic heterocycles. The second kappa shape index (κ2) is 5.61. The Morgan fingerprint density at radius 2 is 1.95 bits per heavy atom. The van der Waals surface area contributed by atoms with Gasteiger partial charge in [-0.1, -0.05) is 17.7 Å². The van der Waals surface area contributed by atoms with Crippen LogP contribution in [0.15, 0.2) is 36.4 Å². The number of aromatic nitrogens is 1. The summed E-state index contributed by atoms with van der Waals surface area (Å²) in [6.45, 7) is 0. The molecular weight excluding hydrogens is 309 g/mol. The van der Waals surface area contributed by atoms with Gasteiger partial charge in [0.15, 0.2) is 5.69 Å². The molecule has 0 radical (unpaired) electrons. The largest absolute Gasteiger partial charge is 0.477 e. The van der Waals surface area contributed by atoms with Crippen molar-refractivity contribution in [1.82, 2.24) is 4.98 Å². The highest BCUT2D eigenvalue weighted by Crippen LogP contribution is 2.37. The third kappa shape index (κ3) is 3.63. The first-order valence-corrected chi connectivity index (χ1v) is 5.99. The van der Waals surface area contributed by atoms with Gasteiger partial charge in [-0.3, -0.25) is 0 Å². The Hall–Kier alpha value is -2.28. The van der Waals surface area contributed by atoms with Gasteiger partial charge in [0.05, 0.1) is 11.3 Å². The van der Waals surface area contributed by atoms with E-state index in [1.165, 1.54) is 24.3 Å². The molecule has 8 heteroatoms. The first kappa shape index (κ1) is 15.1. The Kier molecular flexibility index (Phi) is 4.04. The van der Waals surface area contributed by atoms with E-state index in [-0.39, 0.29) is 22.2 Å². The lowest BCUT2D eigenvalue weighted by Gasteiger charge is -2.14. The van der Waals surface area contributed by atoms with Gasteiger partial charge in [-0.25, -0.2) is 9.78 Å². The number of rotatable bonds is 3. The Morgan fingerprint density at radius 1 is 1.24 bits per heavy atom. The quantitative estimate of drug-likeness (QED) is 0.891. The highest BCUT2D eigenvalue weighted by molar-refractivity contribution is 6.30. The lowest BCUT2D eigenvalue weighted by molar-refractivity contribution is -0.136. The summed E-state index contributed by atoms with van der Waals surface area (Å²) in [6, 6.07) is 7.20. The van der Waals surface area contributed by atoms with Gasteiger partial charge < -0.3 is 10.4 Å². The first-order valence-electron chi connectivity index (χ1n) is 5.61. The minimum absolute atomic E-state index is 0.0114. The monoisotopic (exact) mass is 316 g/mol. The van der Waals surface area contributed by atoms with Crippen LogP contribution >= 0.6 is 11.6 Å². The summed E-state index contributed by atoms with van der Waals surface area (Å²) in [5, 5.41) is 11.2. The van der Waals surface area contributed by atoms with Gasteiger partial charge in [-0.2, -0.15) is 13.2 Å². The number of nitrogens with one attached hydrogen (secondary N) is 1. The second-order valence-electron chi connectivity index (χ2n) is 4.03. The molecule has 0 aliphatic rings. The summed E-state index contributed by atoms with van der Waals surface area (Å²) < 4.78 is 38.8. The molecule has 1 aromatic carbocycles. The van der Waals surface area contributed by atoms with Crippen LogP contribution in [0.5, 0.6) is 0 Å². The van der Waals surface area contributed by atoms with E-state index in [2.05, 4.69) is 10.3 Å². The van der Waals surface area contributed by atoms with Crippen molar-refractivity contribution >= 4 is 29.1 Å². The van der Waals surface area contributed by atoms with E-state index in [0.29, 0.717) is 0 Å². The van der Waals surface area contributed by atoms with Crippen LogP contribution in [0.3, 0.4) is 0 Å². The molecule has 0 saturated heterocycles. The van der Waals surface area contributed by atoms with Crippen LogP contribution in [0.2, 0.25) is 5.02 Å². The molecule has 0 amide bonds. The Bertz CT molecular complexity index is 689. The number of carbonyl (C=O) groups is 1. The third-order valence-corrected chi connectivity index (χ3v) is 2.75. The zero-order chi connectivity index (χ0) is 15.6. The topological polar surface area (TPSA) is 62.2 Å². The number of halogens is 4. The number of alkyl halides is 3. The van der Waals surface area contributed by atoms with E-state index >= 15 is 0 Å². The second-order valence-corrected chi connectivity index (χ2v) is 4.46. The SMILES string of the molecule is O=C(O)c1cccc(Nc2ccc(Cl)cc2C(F)(F)F)n1. The van der Waals surface area contributed by atoms with Gasteiger partial charge in [-0.05, 0) is 30.3 Å². The number of hydrogen-bond donors (Lipinski definition) is 2. The molecule has 0 saturated carbocycles. The maximum atomic E-state index is 12.9. The van der Waals surface area contributed by atoms with Crippen LogP contribution in [0.1, 0.15) is 16.1 Å². The maximum Gasteiger partial charge on any atom is 0.418 e. The molecule has 2 rings (SSSR count). The highest BCUT2D eigenvalue weighted by atomic mass is 35.5. The number of carboxylic acid groups (broad SMARTS) is 1. The van der Waals surface area contributed by atoms with E-state index in [1.807, 2.05) is 0 Å². The predicted molar refractivity (Wildman–Crippen MR) is 70.9 cm³/mol. The van der Waals surface area contributed by atoms with Gasteiger partial charge in [0, 0.05) is 5.02 Å². The number of anilines is 2. The molecule has 0 aliphatic carbocycles. The van der Waals surface area contributed by atoms with Crippen LogP contribution < -0.4 is 5.32 Å². The fraction of sp³-hybridized carbons (Fsp3) is 0.0769. The average molecular weight is 317 g/mol. The van der Waals surface area contributed by atoms with Crippen LogP contribution in [0.25, 0.3) is 0 Å². The molecule has 2 N–H and O–H groups in total. The summed E-state index contributed by atoms with van der Waals surface area (Å²) in [7, 11) is 0. The van der Waals surface area contributed by atoms with Crippen molar-refractivity contribution in [2.75, 3.05) is 5.32 Å². The van der Waals surface area contributed by atoms with Gasteiger partial charge in [0.25, 0.3) is 0 Å². The van der Waals surface area contributed by atoms with Crippen molar-refractivity contribution < 1.29 is 23.1 Å². The molecule has 0 fully saturated rings. The molecule has 4 nitrogen and oxygen atoms in total. The van der Waals surface area contributed by atoms with Crippen LogP contribution in [-0.4, -0.2) is 16.1 Å². The van der Waals surface area contributed by atoms with E-state index in [0.717, 1.165) is 12.1 Å². The molecule has 0 bridgehead atoms. The van der Waals surface area contributed by atoms with Crippen LogP contribution in [-0.2, 0) is 6.18 Å². The number of hydrogen-bond acceptors (Lipinski definition) is 3. The van der Waals surface area contributed by atoms with Gasteiger partial charge in [0.2, 0.25) is 0 Å². The summed E-state index contributed by atoms with van der Waals surface area (Å²) in [5.74, 6) is -1.28. The number of aromatic carboxylic acids is 1. The Balaban J connectivity index is 2.40. The third-order valence-electron chi connectivity index (χ3n) is 2.52. The molecule has 0 unspecified atom stereocenters. The van der Waals surface area contributed by atoms with Crippen molar-refractivity contribution in [3.63, 3.8) is 0 Å².